The van der Waals surface area contributed by atoms with Crippen LogP contribution in [0.2, 0.25) is 0 Å². The average molecular weight is 472 g/mol. The first-order valence-corrected chi connectivity index (χ1v) is 11.6. The molecule has 3 aromatic rings. The number of aliphatic hydroxyl groups excluding tert-OH is 4. The number of hydrogen-bond donors (Lipinski definition) is 5. The molecule has 1 aliphatic heterocycles. The SMILES string of the molecule is CCc1ccc(Cc2cn(C(C)C)c3cccc(O[C@]4(O)[C@@H](O)O[C@H](CO)[C@@H](O)[C@@H]4O)c23)cc1. The summed E-state index contributed by atoms with van der Waals surface area (Å²) in [5, 5.41) is 52.4. The Balaban J connectivity index is 1.77. The van der Waals surface area contributed by atoms with Gasteiger partial charge in [-0.2, -0.15) is 0 Å². The lowest BCUT2D eigenvalue weighted by atomic mass is 9.95. The number of ether oxygens (including phenoxy) is 2. The van der Waals surface area contributed by atoms with Crippen molar-refractivity contribution in [1.82, 2.24) is 4.57 Å². The Morgan fingerprint density at radius 2 is 1.74 bits per heavy atom. The molecule has 5 atom stereocenters. The van der Waals surface area contributed by atoms with Crippen LogP contribution in [0.5, 0.6) is 5.75 Å². The highest BCUT2D eigenvalue weighted by atomic mass is 16.7. The summed E-state index contributed by atoms with van der Waals surface area (Å²) in [7, 11) is 0. The van der Waals surface area contributed by atoms with E-state index in [9.17, 15) is 25.5 Å². The van der Waals surface area contributed by atoms with E-state index in [1.165, 1.54) is 5.56 Å². The van der Waals surface area contributed by atoms with Crippen LogP contribution in [0.1, 0.15) is 43.5 Å². The molecule has 0 aliphatic carbocycles. The smallest absolute Gasteiger partial charge is 0.288 e. The van der Waals surface area contributed by atoms with Crippen LogP contribution in [0.15, 0.2) is 48.7 Å². The molecule has 2 heterocycles. The summed E-state index contributed by atoms with van der Waals surface area (Å²) in [4.78, 5) is 0. The van der Waals surface area contributed by atoms with Crippen LogP contribution in [0.3, 0.4) is 0 Å². The van der Waals surface area contributed by atoms with Crippen molar-refractivity contribution in [2.45, 2.75) is 70.0 Å². The largest absolute Gasteiger partial charge is 0.454 e. The van der Waals surface area contributed by atoms with Crippen molar-refractivity contribution in [3.63, 3.8) is 0 Å². The fourth-order valence-corrected chi connectivity index (χ4v) is 4.49. The topological polar surface area (TPSA) is 125 Å². The van der Waals surface area contributed by atoms with E-state index in [1.54, 1.807) is 12.1 Å². The van der Waals surface area contributed by atoms with Gasteiger partial charge in [-0.25, -0.2) is 0 Å². The molecule has 0 amide bonds. The van der Waals surface area contributed by atoms with E-state index in [2.05, 4.69) is 49.6 Å². The van der Waals surface area contributed by atoms with Crippen molar-refractivity contribution in [1.29, 1.82) is 0 Å². The molecule has 8 nitrogen and oxygen atoms in total. The number of hydrogen-bond acceptors (Lipinski definition) is 7. The van der Waals surface area contributed by atoms with Gasteiger partial charge in [0, 0.05) is 17.6 Å². The van der Waals surface area contributed by atoms with Gasteiger partial charge in [0.2, 0.25) is 6.29 Å². The number of fused-ring (bicyclic) bond motifs is 1. The second kappa shape index (κ2) is 9.65. The summed E-state index contributed by atoms with van der Waals surface area (Å²) in [6.45, 7) is 5.60. The van der Waals surface area contributed by atoms with E-state index in [0.29, 0.717) is 6.42 Å². The van der Waals surface area contributed by atoms with Crippen molar-refractivity contribution in [3.8, 4) is 5.75 Å². The van der Waals surface area contributed by atoms with Gasteiger partial charge in [0.15, 0.2) is 6.10 Å². The Labute approximate surface area is 198 Å². The monoisotopic (exact) mass is 471 g/mol. The van der Waals surface area contributed by atoms with Gasteiger partial charge in [-0.15, -0.1) is 0 Å². The molecule has 1 aliphatic rings. The van der Waals surface area contributed by atoms with Crippen LogP contribution in [0.4, 0.5) is 0 Å². The summed E-state index contributed by atoms with van der Waals surface area (Å²) in [5.41, 5.74) is 4.17. The highest BCUT2D eigenvalue weighted by Crippen LogP contribution is 2.38. The van der Waals surface area contributed by atoms with Crippen molar-refractivity contribution in [3.05, 3.63) is 65.4 Å². The predicted molar refractivity (Wildman–Crippen MR) is 127 cm³/mol. The van der Waals surface area contributed by atoms with E-state index in [4.69, 9.17) is 9.47 Å². The van der Waals surface area contributed by atoms with Gasteiger partial charge in [0.05, 0.1) is 12.1 Å². The molecule has 0 saturated carbocycles. The third kappa shape index (κ3) is 4.33. The summed E-state index contributed by atoms with van der Waals surface area (Å²) in [5.74, 6) is -2.41. The molecule has 1 fully saturated rings. The quantitative estimate of drug-likeness (QED) is 0.333. The molecule has 0 spiro atoms. The molecule has 0 radical (unpaired) electrons. The van der Waals surface area contributed by atoms with E-state index in [-0.39, 0.29) is 11.8 Å². The number of aryl methyl sites for hydroxylation is 1. The Morgan fingerprint density at radius 1 is 1.06 bits per heavy atom. The molecule has 0 unspecified atom stereocenters. The summed E-state index contributed by atoms with van der Waals surface area (Å²) in [6, 6.07) is 13.9. The van der Waals surface area contributed by atoms with Gasteiger partial charge < -0.3 is 39.6 Å². The molecular formula is C26H33NO7. The summed E-state index contributed by atoms with van der Waals surface area (Å²) in [6.07, 6.45) is -3.21. The minimum absolute atomic E-state index is 0.151. The van der Waals surface area contributed by atoms with Crippen molar-refractivity contribution in [2.75, 3.05) is 6.61 Å². The van der Waals surface area contributed by atoms with Crippen LogP contribution in [-0.4, -0.2) is 67.1 Å². The van der Waals surface area contributed by atoms with E-state index in [1.807, 2.05) is 12.3 Å². The zero-order chi connectivity index (χ0) is 24.6. The number of benzene rings is 2. The van der Waals surface area contributed by atoms with Crippen LogP contribution in [-0.2, 0) is 17.6 Å². The maximum Gasteiger partial charge on any atom is 0.288 e. The van der Waals surface area contributed by atoms with Gasteiger partial charge in [0.1, 0.15) is 18.0 Å². The van der Waals surface area contributed by atoms with Gasteiger partial charge >= 0.3 is 0 Å². The Hall–Kier alpha value is -2.46. The second-order valence-corrected chi connectivity index (χ2v) is 9.15. The van der Waals surface area contributed by atoms with Crippen molar-refractivity contribution < 1.29 is 35.0 Å². The number of rotatable bonds is 7. The van der Waals surface area contributed by atoms with E-state index in [0.717, 1.165) is 28.5 Å². The number of aromatic nitrogens is 1. The van der Waals surface area contributed by atoms with E-state index < -0.39 is 37.0 Å². The highest BCUT2D eigenvalue weighted by Gasteiger charge is 2.57. The Morgan fingerprint density at radius 3 is 2.35 bits per heavy atom. The van der Waals surface area contributed by atoms with Crippen LogP contribution in [0.25, 0.3) is 10.9 Å². The van der Waals surface area contributed by atoms with Gasteiger partial charge in [-0.1, -0.05) is 37.3 Å². The molecule has 2 aromatic carbocycles. The van der Waals surface area contributed by atoms with Gasteiger partial charge in [-0.3, -0.25) is 0 Å². The minimum atomic E-state index is -2.64. The molecular weight excluding hydrogens is 438 g/mol. The molecule has 1 saturated heterocycles. The predicted octanol–water partition coefficient (Wildman–Crippen LogP) is 1.87. The fourth-order valence-electron chi connectivity index (χ4n) is 4.49. The number of aliphatic hydroxyl groups is 5. The van der Waals surface area contributed by atoms with Crippen LogP contribution >= 0.6 is 0 Å². The lowest BCUT2D eigenvalue weighted by Crippen LogP contribution is -2.69. The van der Waals surface area contributed by atoms with Crippen LogP contribution < -0.4 is 4.74 Å². The van der Waals surface area contributed by atoms with E-state index >= 15 is 0 Å². The third-order valence-electron chi connectivity index (χ3n) is 6.52. The van der Waals surface area contributed by atoms with Gasteiger partial charge in [0.25, 0.3) is 5.79 Å². The maximum atomic E-state index is 11.1. The third-order valence-corrected chi connectivity index (χ3v) is 6.52. The molecule has 5 N–H and O–H groups in total. The van der Waals surface area contributed by atoms with Crippen molar-refractivity contribution >= 4 is 10.9 Å². The highest BCUT2D eigenvalue weighted by molar-refractivity contribution is 5.90. The first-order valence-electron chi connectivity index (χ1n) is 11.6. The normalized spacial score (nSPS) is 27.4. The standard InChI is InChI=1S/C26H33NO7/c1-4-16-8-10-17(11-9-16)12-18-13-27(15(2)3)19-6-5-7-20(22(18)19)34-26(32)24(30)23(29)21(14-28)33-25(26)31/h5-11,13,15,21,23-25,28-32H,4,12,14H2,1-3H3/t21-,23-,24+,25+,26+/m1/s1. The van der Waals surface area contributed by atoms with Crippen LogP contribution in [0, 0.1) is 0 Å². The lowest BCUT2D eigenvalue weighted by Gasteiger charge is -2.45. The molecule has 34 heavy (non-hydrogen) atoms. The molecule has 1 aromatic heterocycles. The average Bonchev–Trinajstić information content (AvgIpc) is 3.20. The summed E-state index contributed by atoms with van der Waals surface area (Å²) >= 11 is 0. The maximum absolute atomic E-state index is 11.1. The molecule has 4 rings (SSSR count). The summed E-state index contributed by atoms with van der Waals surface area (Å²) < 4.78 is 13.1. The first-order chi connectivity index (χ1) is 16.2. The lowest BCUT2D eigenvalue weighted by molar-refractivity contribution is -0.385. The Kier molecular flexibility index (Phi) is 7.00. The molecule has 184 valence electrons. The Bertz CT molecular complexity index is 1130. The van der Waals surface area contributed by atoms with Gasteiger partial charge in [-0.05, 0) is 55.5 Å². The number of nitrogens with zero attached hydrogens (tertiary/aromatic N) is 1. The molecule has 0 bridgehead atoms. The minimum Gasteiger partial charge on any atom is -0.454 e. The van der Waals surface area contributed by atoms with Crippen molar-refractivity contribution in [2.24, 2.45) is 0 Å². The fraction of sp³-hybridized carbons (Fsp3) is 0.462. The second-order valence-electron chi connectivity index (χ2n) is 9.15. The first kappa shape index (κ1) is 24.7. The zero-order valence-electron chi connectivity index (χ0n) is 19.6. The molecule has 8 heteroatoms. The zero-order valence-corrected chi connectivity index (χ0v) is 19.6.